The van der Waals surface area contributed by atoms with Gasteiger partial charge in [-0.2, -0.15) is 0 Å². The molecule has 0 radical (unpaired) electrons. The fraction of sp³-hybridized carbons (Fsp3) is 0.556. The van der Waals surface area contributed by atoms with Crippen LogP contribution in [0.2, 0.25) is 0 Å². The Morgan fingerprint density at radius 3 is 2.83 bits per heavy atom. The lowest BCUT2D eigenvalue weighted by molar-refractivity contribution is 0.170. The fourth-order valence-corrected chi connectivity index (χ4v) is 1.37. The van der Waals surface area contributed by atoms with Gasteiger partial charge in [0.1, 0.15) is 6.33 Å². The lowest BCUT2D eigenvalue weighted by Gasteiger charge is -2.30. The monoisotopic (exact) mass is 163 g/mol. The average Bonchev–Trinajstić information content (AvgIpc) is 1.97. The van der Waals surface area contributed by atoms with E-state index in [9.17, 15) is 0 Å². The van der Waals surface area contributed by atoms with Gasteiger partial charge >= 0.3 is 0 Å². The van der Waals surface area contributed by atoms with E-state index < -0.39 is 0 Å². The molecule has 0 amide bonds. The van der Waals surface area contributed by atoms with Crippen molar-refractivity contribution in [3.63, 3.8) is 0 Å². The van der Waals surface area contributed by atoms with Gasteiger partial charge in [-0.25, -0.2) is 9.97 Å². The smallest absolute Gasteiger partial charge is 0.115 e. The first kappa shape index (κ1) is 7.68. The maximum Gasteiger partial charge on any atom is 0.115 e. The van der Waals surface area contributed by atoms with Gasteiger partial charge in [0.25, 0.3) is 0 Å². The number of aryl methyl sites for hydroxylation is 1. The van der Waals surface area contributed by atoms with Gasteiger partial charge < -0.3 is 0 Å². The van der Waals surface area contributed by atoms with Crippen molar-refractivity contribution in [2.45, 2.75) is 19.9 Å². The molecule has 0 saturated carbocycles. The summed E-state index contributed by atoms with van der Waals surface area (Å²) in [6.45, 7) is 5.44. The molecule has 2 heterocycles. The Bertz CT molecular complexity index is 268. The molecule has 64 valence electrons. The standard InChI is InChI=1S/C9H13N3/c1-8-5-9(11-7-10-8)6-12-3-2-4-12/h5,7H,2-4,6H2,1H3. The topological polar surface area (TPSA) is 29.0 Å². The summed E-state index contributed by atoms with van der Waals surface area (Å²) in [7, 11) is 0. The molecule has 0 spiro atoms. The molecule has 1 aliphatic heterocycles. The largest absolute Gasteiger partial charge is 0.297 e. The van der Waals surface area contributed by atoms with Crippen LogP contribution in [0.1, 0.15) is 17.8 Å². The Kier molecular flexibility index (Phi) is 2.04. The van der Waals surface area contributed by atoms with Crippen LogP contribution < -0.4 is 0 Å². The van der Waals surface area contributed by atoms with E-state index in [0.717, 1.165) is 17.9 Å². The molecule has 0 N–H and O–H groups in total. The Morgan fingerprint density at radius 1 is 1.42 bits per heavy atom. The SMILES string of the molecule is Cc1cc(CN2CCC2)ncn1. The Balaban J connectivity index is 2.02. The molecule has 0 unspecified atom stereocenters. The molecule has 2 rings (SSSR count). The second-order valence-electron chi connectivity index (χ2n) is 3.28. The van der Waals surface area contributed by atoms with E-state index in [4.69, 9.17) is 0 Å². The van der Waals surface area contributed by atoms with Gasteiger partial charge in [-0.1, -0.05) is 0 Å². The van der Waals surface area contributed by atoms with Crippen molar-refractivity contribution in [1.29, 1.82) is 0 Å². The minimum absolute atomic E-state index is 0.989. The van der Waals surface area contributed by atoms with Crippen LogP contribution in [0.15, 0.2) is 12.4 Å². The highest BCUT2D eigenvalue weighted by atomic mass is 15.2. The maximum atomic E-state index is 4.21. The number of aromatic nitrogens is 2. The van der Waals surface area contributed by atoms with Crippen LogP contribution in [0, 0.1) is 6.92 Å². The summed E-state index contributed by atoms with van der Waals surface area (Å²) in [5.74, 6) is 0. The molecular weight excluding hydrogens is 150 g/mol. The van der Waals surface area contributed by atoms with Crippen LogP contribution in [0.5, 0.6) is 0 Å². The molecular formula is C9H13N3. The van der Waals surface area contributed by atoms with Crippen molar-refractivity contribution in [3.05, 3.63) is 23.8 Å². The molecule has 12 heavy (non-hydrogen) atoms. The van der Waals surface area contributed by atoms with E-state index in [1.165, 1.54) is 19.5 Å². The quantitative estimate of drug-likeness (QED) is 0.651. The van der Waals surface area contributed by atoms with Crippen molar-refractivity contribution in [1.82, 2.24) is 14.9 Å². The zero-order chi connectivity index (χ0) is 8.39. The van der Waals surface area contributed by atoms with Crippen molar-refractivity contribution < 1.29 is 0 Å². The molecule has 3 nitrogen and oxygen atoms in total. The first-order valence-corrected chi connectivity index (χ1v) is 4.34. The van der Waals surface area contributed by atoms with E-state index in [1.54, 1.807) is 6.33 Å². The number of hydrogen-bond donors (Lipinski definition) is 0. The minimum Gasteiger partial charge on any atom is -0.297 e. The lowest BCUT2D eigenvalue weighted by Crippen LogP contribution is -2.36. The summed E-state index contributed by atoms with van der Waals surface area (Å²) < 4.78 is 0. The molecule has 0 bridgehead atoms. The molecule has 1 aromatic heterocycles. The first-order valence-electron chi connectivity index (χ1n) is 4.34. The summed E-state index contributed by atoms with van der Waals surface area (Å²) in [6, 6.07) is 2.05. The predicted molar refractivity (Wildman–Crippen MR) is 46.7 cm³/mol. The first-order chi connectivity index (χ1) is 5.84. The molecule has 0 atom stereocenters. The summed E-state index contributed by atoms with van der Waals surface area (Å²) >= 11 is 0. The highest BCUT2D eigenvalue weighted by Crippen LogP contribution is 2.10. The molecule has 0 aromatic carbocycles. The van der Waals surface area contributed by atoms with E-state index >= 15 is 0 Å². The van der Waals surface area contributed by atoms with Gasteiger partial charge in [0.15, 0.2) is 0 Å². The number of likely N-dealkylation sites (tertiary alicyclic amines) is 1. The summed E-state index contributed by atoms with van der Waals surface area (Å²) in [4.78, 5) is 10.7. The number of hydrogen-bond acceptors (Lipinski definition) is 3. The Morgan fingerprint density at radius 2 is 2.25 bits per heavy atom. The van der Waals surface area contributed by atoms with Crippen LogP contribution in [0.4, 0.5) is 0 Å². The summed E-state index contributed by atoms with van der Waals surface area (Å²) in [5.41, 5.74) is 2.20. The lowest BCUT2D eigenvalue weighted by atomic mass is 10.2. The van der Waals surface area contributed by atoms with E-state index in [0.29, 0.717) is 0 Å². The predicted octanol–water partition coefficient (Wildman–Crippen LogP) is 0.991. The zero-order valence-electron chi connectivity index (χ0n) is 7.32. The van der Waals surface area contributed by atoms with Crippen LogP contribution in [0.25, 0.3) is 0 Å². The zero-order valence-corrected chi connectivity index (χ0v) is 7.32. The van der Waals surface area contributed by atoms with Crippen molar-refractivity contribution in [2.75, 3.05) is 13.1 Å². The third kappa shape index (κ3) is 1.61. The second kappa shape index (κ2) is 3.19. The molecule has 1 fully saturated rings. The third-order valence-corrected chi connectivity index (χ3v) is 2.19. The van der Waals surface area contributed by atoms with E-state index in [2.05, 4.69) is 20.9 Å². The average molecular weight is 163 g/mol. The normalized spacial score (nSPS) is 17.4. The molecule has 1 aliphatic rings. The molecule has 1 aromatic rings. The molecule has 0 aliphatic carbocycles. The van der Waals surface area contributed by atoms with Crippen LogP contribution >= 0.6 is 0 Å². The van der Waals surface area contributed by atoms with Crippen molar-refractivity contribution in [3.8, 4) is 0 Å². The van der Waals surface area contributed by atoms with Crippen molar-refractivity contribution >= 4 is 0 Å². The van der Waals surface area contributed by atoms with E-state index in [1.807, 2.05) is 6.92 Å². The van der Waals surface area contributed by atoms with Crippen LogP contribution in [-0.2, 0) is 6.54 Å². The molecule has 3 heteroatoms. The van der Waals surface area contributed by atoms with Crippen LogP contribution in [0.3, 0.4) is 0 Å². The fourth-order valence-electron chi connectivity index (χ4n) is 1.37. The minimum atomic E-state index is 0.989. The number of nitrogens with zero attached hydrogens (tertiary/aromatic N) is 3. The summed E-state index contributed by atoms with van der Waals surface area (Å²) in [5, 5.41) is 0. The van der Waals surface area contributed by atoms with Crippen molar-refractivity contribution in [2.24, 2.45) is 0 Å². The van der Waals surface area contributed by atoms with E-state index in [-0.39, 0.29) is 0 Å². The van der Waals surface area contributed by atoms with Gasteiger partial charge in [0, 0.05) is 12.2 Å². The number of rotatable bonds is 2. The summed E-state index contributed by atoms with van der Waals surface area (Å²) in [6.07, 6.45) is 2.98. The van der Waals surface area contributed by atoms with Crippen LogP contribution in [-0.4, -0.2) is 28.0 Å². The van der Waals surface area contributed by atoms with Gasteiger partial charge in [0.05, 0.1) is 5.69 Å². The highest BCUT2D eigenvalue weighted by Gasteiger charge is 2.13. The van der Waals surface area contributed by atoms with Gasteiger partial charge in [0.2, 0.25) is 0 Å². The van der Waals surface area contributed by atoms with Gasteiger partial charge in [-0.3, -0.25) is 4.90 Å². The maximum absolute atomic E-state index is 4.21. The second-order valence-corrected chi connectivity index (χ2v) is 3.28. The highest BCUT2D eigenvalue weighted by molar-refractivity contribution is 5.06. The Labute approximate surface area is 72.4 Å². The third-order valence-electron chi connectivity index (χ3n) is 2.19. The van der Waals surface area contributed by atoms with Gasteiger partial charge in [-0.05, 0) is 32.5 Å². The van der Waals surface area contributed by atoms with Gasteiger partial charge in [-0.15, -0.1) is 0 Å². The Hall–Kier alpha value is -0.960. The molecule has 1 saturated heterocycles.